The molecule has 3 nitrogen and oxygen atoms in total. The van der Waals surface area contributed by atoms with E-state index in [9.17, 15) is 0 Å². The summed E-state index contributed by atoms with van der Waals surface area (Å²) in [5, 5.41) is 13.1. The van der Waals surface area contributed by atoms with Crippen molar-refractivity contribution in [2.45, 2.75) is 76.8 Å². The maximum absolute atomic E-state index is 9.15. The van der Waals surface area contributed by atoms with Crippen molar-refractivity contribution >= 4 is 0 Å². The predicted octanol–water partition coefficient (Wildman–Crippen LogP) is 3.03. The Balaban J connectivity index is 1.51. The van der Waals surface area contributed by atoms with Gasteiger partial charge in [0.25, 0.3) is 0 Å². The smallest absolute Gasteiger partial charge is 0.0431 e. The molecular weight excluding hydrogens is 272 g/mol. The van der Waals surface area contributed by atoms with Crippen LogP contribution in [-0.2, 0) is 0 Å². The molecule has 2 N–H and O–H groups in total. The standard InChI is InChI=1S/C19H36N2O/c1-15-8-9-19(15)21-13-17(7-4-10-22)11-18(14-21)20-12-16-5-2-3-6-16/h15-20,22H,2-14H2,1H3. The molecule has 3 fully saturated rings. The van der Waals surface area contributed by atoms with Crippen LogP contribution >= 0.6 is 0 Å². The Kier molecular flexibility index (Phi) is 6.17. The number of likely N-dealkylation sites (tertiary alicyclic amines) is 1. The van der Waals surface area contributed by atoms with Crippen LogP contribution < -0.4 is 5.32 Å². The number of hydrogen-bond acceptors (Lipinski definition) is 3. The minimum Gasteiger partial charge on any atom is -0.396 e. The van der Waals surface area contributed by atoms with Crippen LogP contribution in [0.3, 0.4) is 0 Å². The number of nitrogens with zero attached hydrogens (tertiary/aromatic N) is 1. The van der Waals surface area contributed by atoms with Gasteiger partial charge in [0.15, 0.2) is 0 Å². The molecule has 2 saturated carbocycles. The van der Waals surface area contributed by atoms with Crippen molar-refractivity contribution in [3.63, 3.8) is 0 Å². The Bertz CT molecular complexity index is 329. The van der Waals surface area contributed by atoms with E-state index in [-0.39, 0.29) is 0 Å². The molecule has 3 aliphatic rings. The average molecular weight is 309 g/mol. The summed E-state index contributed by atoms with van der Waals surface area (Å²) in [4.78, 5) is 2.78. The Morgan fingerprint density at radius 3 is 2.50 bits per heavy atom. The summed E-state index contributed by atoms with van der Waals surface area (Å²) in [5.74, 6) is 2.62. The van der Waals surface area contributed by atoms with Crippen LogP contribution in [0.5, 0.6) is 0 Å². The molecule has 3 heteroatoms. The first kappa shape index (κ1) is 16.7. The zero-order valence-electron chi connectivity index (χ0n) is 14.5. The quantitative estimate of drug-likeness (QED) is 0.759. The highest BCUT2D eigenvalue weighted by molar-refractivity contribution is 4.93. The summed E-state index contributed by atoms with van der Waals surface area (Å²) in [6, 6.07) is 1.53. The summed E-state index contributed by atoms with van der Waals surface area (Å²) in [7, 11) is 0. The largest absolute Gasteiger partial charge is 0.396 e. The van der Waals surface area contributed by atoms with Gasteiger partial charge in [0.2, 0.25) is 0 Å². The molecule has 1 aliphatic heterocycles. The molecule has 0 spiro atoms. The highest BCUT2D eigenvalue weighted by Crippen LogP contribution is 2.35. The van der Waals surface area contributed by atoms with Gasteiger partial charge in [-0.1, -0.05) is 19.8 Å². The summed E-state index contributed by atoms with van der Waals surface area (Å²) in [6.45, 7) is 6.56. The van der Waals surface area contributed by atoms with E-state index >= 15 is 0 Å². The molecule has 0 amide bonds. The number of rotatable bonds is 7. The van der Waals surface area contributed by atoms with E-state index < -0.39 is 0 Å². The maximum atomic E-state index is 9.15. The Morgan fingerprint density at radius 1 is 1.05 bits per heavy atom. The topological polar surface area (TPSA) is 35.5 Å². The summed E-state index contributed by atoms with van der Waals surface area (Å²) < 4.78 is 0. The van der Waals surface area contributed by atoms with Crippen LogP contribution in [-0.4, -0.2) is 48.3 Å². The predicted molar refractivity (Wildman–Crippen MR) is 91.9 cm³/mol. The lowest BCUT2D eigenvalue weighted by Crippen LogP contribution is -2.57. The van der Waals surface area contributed by atoms with Gasteiger partial charge in [0.05, 0.1) is 0 Å². The second-order valence-electron chi connectivity index (χ2n) is 8.30. The average Bonchev–Trinajstić information content (AvgIpc) is 3.03. The van der Waals surface area contributed by atoms with Gasteiger partial charge in [-0.15, -0.1) is 0 Å². The van der Waals surface area contributed by atoms with E-state index in [4.69, 9.17) is 5.11 Å². The first-order chi connectivity index (χ1) is 10.8. The number of piperidine rings is 1. The summed E-state index contributed by atoms with van der Waals surface area (Å²) in [6.07, 6.45) is 12.1. The SMILES string of the molecule is CC1CCC1N1CC(CCCO)CC(NCC2CCCC2)C1. The van der Waals surface area contributed by atoms with Crippen molar-refractivity contribution in [2.24, 2.45) is 17.8 Å². The van der Waals surface area contributed by atoms with Crippen molar-refractivity contribution in [3.05, 3.63) is 0 Å². The molecule has 3 rings (SSSR count). The summed E-state index contributed by atoms with van der Waals surface area (Å²) >= 11 is 0. The van der Waals surface area contributed by atoms with Gasteiger partial charge in [-0.05, 0) is 69.2 Å². The van der Waals surface area contributed by atoms with Gasteiger partial charge in [-0.2, -0.15) is 0 Å². The van der Waals surface area contributed by atoms with Crippen molar-refractivity contribution in [1.29, 1.82) is 0 Å². The lowest BCUT2D eigenvalue weighted by molar-refractivity contribution is 0.0194. The number of hydrogen-bond donors (Lipinski definition) is 2. The lowest BCUT2D eigenvalue weighted by Gasteiger charge is -2.48. The number of aliphatic hydroxyl groups excluding tert-OH is 1. The second kappa shape index (κ2) is 8.12. The van der Waals surface area contributed by atoms with Gasteiger partial charge in [-0.3, -0.25) is 4.90 Å². The Labute approximate surface area is 136 Å². The molecule has 0 bridgehead atoms. The zero-order valence-corrected chi connectivity index (χ0v) is 14.5. The van der Waals surface area contributed by atoms with E-state index in [2.05, 4.69) is 17.1 Å². The van der Waals surface area contributed by atoms with Crippen LogP contribution in [0.4, 0.5) is 0 Å². The van der Waals surface area contributed by atoms with Crippen LogP contribution in [0.15, 0.2) is 0 Å². The maximum Gasteiger partial charge on any atom is 0.0431 e. The third-order valence-electron chi connectivity index (χ3n) is 6.55. The van der Waals surface area contributed by atoms with Crippen LogP contribution in [0.25, 0.3) is 0 Å². The molecule has 0 aromatic rings. The van der Waals surface area contributed by atoms with Crippen LogP contribution in [0, 0.1) is 17.8 Å². The normalized spacial score (nSPS) is 37.4. The molecule has 4 atom stereocenters. The first-order valence-electron chi connectivity index (χ1n) is 9.84. The fraction of sp³-hybridized carbons (Fsp3) is 1.00. The molecule has 22 heavy (non-hydrogen) atoms. The van der Waals surface area contributed by atoms with Crippen molar-refractivity contribution in [1.82, 2.24) is 10.2 Å². The van der Waals surface area contributed by atoms with Gasteiger partial charge < -0.3 is 10.4 Å². The van der Waals surface area contributed by atoms with Crippen molar-refractivity contribution in [2.75, 3.05) is 26.2 Å². The molecule has 0 aromatic heterocycles. The van der Waals surface area contributed by atoms with E-state index in [1.54, 1.807) is 0 Å². The fourth-order valence-electron chi connectivity index (χ4n) is 4.99. The van der Waals surface area contributed by atoms with Crippen LogP contribution in [0.2, 0.25) is 0 Å². The molecule has 0 aromatic carbocycles. The number of nitrogens with one attached hydrogen (secondary N) is 1. The molecule has 128 valence electrons. The summed E-state index contributed by atoms with van der Waals surface area (Å²) in [5.41, 5.74) is 0. The molecule has 1 saturated heterocycles. The molecular formula is C19H36N2O. The fourth-order valence-corrected chi connectivity index (χ4v) is 4.99. The Hall–Kier alpha value is -0.120. The third-order valence-corrected chi connectivity index (χ3v) is 6.55. The molecule has 4 unspecified atom stereocenters. The van der Waals surface area contributed by atoms with Gasteiger partial charge >= 0.3 is 0 Å². The molecule has 0 radical (unpaired) electrons. The van der Waals surface area contributed by atoms with Gasteiger partial charge in [-0.25, -0.2) is 0 Å². The third kappa shape index (κ3) is 4.24. The van der Waals surface area contributed by atoms with E-state index in [1.165, 1.54) is 71.0 Å². The van der Waals surface area contributed by atoms with Crippen molar-refractivity contribution in [3.8, 4) is 0 Å². The van der Waals surface area contributed by atoms with Gasteiger partial charge in [0.1, 0.15) is 0 Å². The second-order valence-corrected chi connectivity index (χ2v) is 8.30. The lowest BCUT2D eigenvalue weighted by atomic mass is 9.77. The highest BCUT2D eigenvalue weighted by atomic mass is 16.2. The highest BCUT2D eigenvalue weighted by Gasteiger charge is 2.37. The monoisotopic (exact) mass is 308 g/mol. The van der Waals surface area contributed by atoms with Gasteiger partial charge in [0, 0.05) is 31.8 Å². The minimum absolute atomic E-state index is 0.358. The van der Waals surface area contributed by atoms with Crippen molar-refractivity contribution < 1.29 is 5.11 Å². The van der Waals surface area contributed by atoms with E-state index in [0.29, 0.717) is 12.6 Å². The first-order valence-corrected chi connectivity index (χ1v) is 9.84. The van der Waals surface area contributed by atoms with E-state index in [1.807, 2.05) is 0 Å². The molecule has 2 aliphatic carbocycles. The molecule has 1 heterocycles. The number of aliphatic hydroxyl groups is 1. The minimum atomic E-state index is 0.358. The van der Waals surface area contributed by atoms with E-state index in [0.717, 1.165) is 30.2 Å². The zero-order chi connectivity index (χ0) is 15.4. The Morgan fingerprint density at radius 2 is 1.86 bits per heavy atom. The van der Waals surface area contributed by atoms with Crippen LogP contribution in [0.1, 0.15) is 64.7 Å².